The van der Waals surface area contributed by atoms with Crippen molar-refractivity contribution in [1.82, 2.24) is 10.6 Å². The maximum Gasteiger partial charge on any atom is 0.222 e. The van der Waals surface area contributed by atoms with Crippen molar-refractivity contribution in [2.24, 2.45) is 4.99 Å². The highest BCUT2D eigenvalue weighted by molar-refractivity contribution is 7.95. The van der Waals surface area contributed by atoms with E-state index in [2.05, 4.69) is 22.3 Å². The van der Waals surface area contributed by atoms with E-state index in [0.717, 1.165) is 0 Å². The predicted octanol–water partition coefficient (Wildman–Crippen LogP) is 3.23. The lowest BCUT2D eigenvalue weighted by Crippen LogP contribution is -2.28. The maximum absolute atomic E-state index is 13.0. The summed E-state index contributed by atoms with van der Waals surface area (Å²) >= 11 is 6.09. The van der Waals surface area contributed by atoms with Crippen LogP contribution in [0.2, 0.25) is 5.02 Å². The van der Waals surface area contributed by atoms with Crippen LogP contribution in [0.25, 0.3) is 0 Å². The lowest BCUT2D eigenvalue weighted by atomic mass is 10.1. The molecule has 7 nitrogen and oxygen atoms in total. The number of carbonyl (C=O) groups excluding carboxylic acids is 1. The lowest BCUT2D eigenvalue weighted by molar-refractivity contribution is -0.118. The highest BCUT2D eigenvalue weighted by Crippen LogP contribution is 2.24. The number of rotatable bonds is 6. The number of carbonyl (C=O) groups is 1. The largest absolute Gasteiger partial charge is 0.348 e. The Bertz CT molecular complexity index is 1080. The van der Waals surface area contributed by atoms with E-state index in [4.69, 9.17) is 17.0 Å². The van der Waals surface area contributed by atoms with E-state index >= 15 is 0 Å². The van der Waals surface area contributed by atoms with E-state index < -0.39 is 15.7 Å². The molecule has 1 aliphatic rings. The third-order valence-electron chi connectivity index (χ3n) is 3.95. The number of dihydropyridines is 1. The van der Waals surface area contributed by atoms with Gasteiger partial charge in [-0.25, -0.2) is 13.4 Å². The Morgan fingerprint density at radius 2 is 2.03 bits per heavy atom. The molecule has 0 bridgehead atoms. The number of hydrogen-bond acceptors (Lipinski definition) is 5. The first kappa shape index (κ1) is 22.3. The molecule has 0 radical (unpaired) electrons. The van der Waals surface area contributed by atoms with Gasteiger partial charge in [0.25, 0.3) is 0 Å². The summed E-state index contributed by atoms with van der Waals surface area (Å²) in [6.07, 6.45) is 6.37. The number of allylic oxidation sites excluding steroid dienone is 5. The Hall–Kier alpha value is -2.97. The van der Waals surface area contributed by atoms with Gasteiger partial charge in [0.2, 0.25) is 5.91 Å². The molecule has 1 aromatic carbocycles. The van der Waals surface area contributed by atoms with Gasteiger partial charge in [-0.2, -0.15) is 0 Å². The molecule has 0 aromatic heterocycles. The summed E-state index contributed by atoms with van der Waals surface area (Å²) in [5, 5.41) is 13.8. The van der Waals surface area contributed by atoms with Crippen LogP contribution in [0.1, 0.15) is 19.4 Å². The lowest BCUT2D eigenvalue weighted by Gasteiger charge is -2.14. The minimum absolute atomic E-state index is 0.243. The molecule has 29 heavy (non-hydrogen) atoms. The first-order chi connectivity index (χ1) is 13.6. The van der Waals surface area contributed by atoms with Crippen molar-refractivity contribution in [2.75, 3.05) is 0 Å². The Morgan fingerprint density at radius 3 is 2.66 bits per heavy atom. The van der Waals surface area contributed by atoms with Gasteiger partial charge in [0.15, 0.2) is 15.7 Å². The van der Waals surface area contributed by atoms with Gasteiger partial charge in [0.05, 0.1) is 5.75 Å². The average Bonchev–Trinajstić information content (AvgIpc) is 2.66. The van der Waals surface area contributed by atoms with Gasteiger partial charge in [-0.1, -0.05) is 29.8 Å². The van der Waals surface area contributed by atoms with E-state index in [0.29, 0.717) is 27.6 Å². The van der Waals surface area contributed by atoms with Crippen LogP contribution >= 0.6 is 11.6 Å². The van der Waals surface area contributed by atoms with E-state index in [1.807, 2.05) is 0 Å². The van der Waals surface area contributed by atoms with Gasteiger partial charge < -0.3 is 10.6 Å². The molecular weight excluding hydrogens is 412 g/mol. The molecule has 3 N–H and O–H groups in total. The van der Waals surface area contributed by atoms with Gasteiger partial charge >= 0.3 is 0 Å². The van der Waals surface area contributed by atoms with Crippen molar-refractivity contribution in [1.29, 1.82) is 5.41 Å². The molecule has 1 aliphatic heterocycles. The van der Waals surface area contributed by atoms with Crippen molar-refractivity contribution < 1.29 is 13.2 Å². The van der Waals surface area contributed by atoms with E-state index in [1.54, 1.807) is 49.5 Å². The zero-order valence-corrected chi connectivity index (χ0v) is 17.6. The van der Waals surface area contributed by atoms with Crippen LogP contribution in [0.5, 0.6) is 0 Å². The van der Waals surface area contributed by atoms with Crippen LogP contribution < -0.4 is 10.6 Å². The van der Waals surface area contributed by atoms with Crippen LogP contribution in [-0.4, -0.2) is 26.9 Å². The third kappa shape index (κ3) is 6.00. The molecule has 0 unspecified atom stereocenters. The molecule has 1 heterocycles. The van der Waals surface area contributed by atoms with Gasteiger partial charge in [0, 0.05) is 18.1 Å². The molecule has 0 fully saturated rings. The highest BCUT2D eigenvalue weighted by atomic mass is 35.5. The highest BCUT2D eigenvalue weighted by Gasteiger charge is 2.24. The number of amides is 1. The molecular formula is C20H21ClN4O3S. The molecule has 0 saturated carbocycles. The van der Waals surface area contributed by atoms with Crippen LogP contribution in [0, 0.1) is 5.41 Å². The summed E-state index contributed by atoms with van der Waals surface area (Å²) in [4.78, 5) is 14.5. The van der Waals surface area contributed by atoms with Crippen LogP contribution in [0.3, 0.4) is 0 Å². The van der Waals surface area contributed by atoms with Gasteiger partial charge in [-0.15, -0.1) is 0 Å². The number of sulfone groups is 1. The zero-order valence-electron chi connectivity index (χ0n) is 16.0. The summed E-state index contributed by atoms with van der Waals surface area (Å²) in [5.41, 5.74) is 1.66. The number of halogens is 1. The van der Waals surface area contributed by atoms with E-state index in [9.17, 15) is 13.2 Å². The SMILES string of the molecule is C=NC(=N)C(=CC(C)=C1C=CNC(NC(C)=O)=C1)S(=O)(=O)Cc1ccccc1Cl. The first-order valence-corrected chi connectivity index (χ1v) is 10.5. The molecule has 0 atom stereocenters. The summed E-state index contributed by atoms with van der Waals surface area (Å²) in [6, 6.07) is 6.62. The number of nitrogens with one attached hydrogen (secondary N) is 3. The van der Waals surface area contributed by atoms with Crippen LogP contribution in [0.4, 0.5) is 0 Å². The fourth-order valence-electron chi connectivity index (χ4n) is 2.53. The second-order valence-electron chi connectivity index (χ2n) is 6.22. The predicted molar refractivity (Wildman–Crippen MR) is 116 cm³/mol. The fourth-order valence-corrected chi connectivity index (χ4v) is 4.35. The third-order valence-corrected chi connectivity index (χ3v) is 5.99. The quantitative estimate of drug-likeness (QED) is 0.473. The Balaban J connectivity index is 2.49. The Morgan fingerprint density at radius 1 is 1.34 bits per heavy atom. The standard InChI is InChI=1S/C20H21ClN4O3S/c1-13(15-8-9-24-19(11-15)25-14(2)26)10-18(20(22)23-3)29(27,28)12-16-6-4-5-7-17(16)21/h4-11,22,24H,3,12H2,1-2H3,(H,25,26). The molecule has 1 aromatic rings. The van der Waals surface area contributed by atoms with Crippen molar-refractivity contribution >= 4 is 39.9 Å². The minimum Gasteiger partial charge on any atom is -0.348 e. The number of benzene rings is 1. The molecule has 0 aliphatic carbocycles. The summed E-state index contributed by atoms with van der Waals surface area (Å²) in [5.74, 6) is -0.614. The second-order valence-corrected chi connectivity index (χ2v) is 8.59. The van der Waals surface area contributed by atoms with E-state index in [1.165, 1.54) is 13.0 Å². The van der Waals surface area contributed by atoms with Crippen molar-refractivity contribution in [2.45, 2.75) is 19.6 Å². The second kappa shape index (κ2) is 9.49. The van der Waals surface area contributed by atoms with Crippen LogP contribution in [0.15, 0.2) is 75.6 Å². The summed E-state index contributed by atoms with van der Waals surface area (Å²) in [7, 11) is -3.92. The van der Waals surface area contributed by atoms with E-state index in [-0.39, 0.29) is 16.6 Å². The van der Waals surface area contributed by atoms with Crippen molar-refractivity contribution in [3.63, 3.8) is 0 Å². The Labute approximate surface area is 175 Å². The molecule has 152 valence electrons. The number of amidine groups is 1. The van der Waals surface area contributed by atoms with Crippen LogP contribution in [-0.2, 0) is 20.4 Å². The number of hydrogen-bond donors (Lipinski definition) is 3. The average molecular weight is 433 g/mol. The fraction of sp³-hybridized carbons (Fsp3) is 0.150. The molecule has 1 amide bonds. The summed E-state index contributed by atoms with van der Waals surface area (Å²) < 4.78 is 26.0. The molecule has 0 saturated heterocycles. The summed E-state index contributed by atoms with van der Waals surface area (Å²) in [6.45, 7) is 6.36. The van der Waals surface area contributed by atoms with Gasteiger partial charge in [0.1, 0.15) is 10.7 Å². The van der Waals surface area contributed by atoms with Gasteiger partial charge in [-0.3, -0.25) is 10.2 Å². The zero-order chi connectivity index (χ0) is 21.6. The maximum atomic E-state index is 13.0. The van der Waals surface area contributed by atoms with Crippen molar-refractivity contribution in [3.05, 3.63) is 81.2 Å². The molecule has 0 spiro atoms. The molecule has 9 heteroatoms. The van der Waals surface area contributed by atoms with Crippen molar-refractivity contribution in [3.8, 4) is 0 Å². The minimum atomic E-state index is -3.92. The Kier molecular flexibility index (Phi) is 7.30. The topological polar surface area (TPSA) is 111 Å². The number of nitrogens with zero attached hydrogens (tertiary/aromatic N) is 1. The van der Waals surface area contributed by atoms with Gasteiger partial charge in [-0.05, 0) is 54.6 Å². The first-order valence-electron chi connectivity index (χ1n) is 8.51. The number of aliphatic imine (C=N–C) groups is 1. The molecule has 2 rings (SSSR count). The normalized spacial score (nSPS) is 15.8. The monoisotopic (exact) mass is 432 g/mol. The smallest absolute Gasteiger partial charge is 0.222 e.